The Bertz CT molecular complexity index is 1190. The number of ether oxygens (including phenoxy) is 2. The van der Waals surface area contributed by atoms with Crippen molar-refractivity contribution in [1.82, 2.24) is 0 Å². The molecule has 1 N–H and O–H groups in total. The van der Waals surface area contributed by atoms with Crippen LogP contribution in [0.2, 0.25) is 0 Å². The largest absolute Gasteiger partial charge is 0.461 e. The summed E-state index contributed by atoms with van der Waals surface area (Å²) >= 11 is 3.65. The summed E-state index contributed by atoms with van der Waals surface area (Å²) in [4.78, 5) is 25.4. The first-order valence-electron chi connectivity index (χ1n) is 10.5. The van der Waals surface area contributed by atoms with Gasteiger partial charge in [-0.05, 0) is 48.1 Å². The van der Waals surface area contributed by atoms with Gasteiger partial charge in [0.2, 0.25) is 5.91 Å². The Labute approximate surface area is 187 Å². The molecular formula is C25H20BrNO4. The van der Waals surface area contributed by atoms with Crippen molar-refractivity contribution in [1.29, 1.82) is 0 Å². The Morgan fingerprint density at radius 2 is 1.77 bits per heavy atom. The minimum absolute atomic E-state index is 0.0624. The number of carbonyl (C=O) groups is 2. The Hall–Kier alpha value is -2.86. The summed E-state index contributed by atoms with van der Waals surface area (Å²) in [6.45, 7) is 0. The lowest BCUT2D eigenvalue weighted by molar-refractivity contribution is -0.145. The summed E-state index contributed by atoms with van der Waals surface area (Å²) in [5.74, 6) is 0.798. The van der Waals surface area contributed by atoms with Gasteiger partial charge in [-0.1, -0.05) is 52.3 Å². The molecule has 3 fully saturated rings. The summed E-state index contributed by atoms with van der Waals surface area (Å²) in [7, 11) is 0. The zero-order valence-corrected chi connectivity index (χ0v) is 18.1. The van der Waals surface area contributed by atoms with Gasteiger partial charge in [0, 0.05) is 17.0 Å². The van der Waals surface area contributed by atoms with Crippen molar-refractivity contribution in [2.24, 2.45) is 23.7 Å². The van der Waals surface area contributed by atoms with Crippen LogP contribution in [0.3, 0.4) is 0 Å². The lowest BCUT2D eigenvalue weighted by atomic mass is 9.79. The minimum Gasteiger partial charge on any atom is -0.461 e. The first-order valence-corrected chi connectivity index (χ1v) is 11.4. The van der Waals surface area contributed by atoms with Gasteiger partial charge < -0.3 is 14.8 Å². The molecule has 0 unspecified atom stereocenters. The fourth-order valence-corrected chi connectivity index (χ4v) is 6.62. The van der Waals surface area contributed by atoms with Crippen molar-refractivity contribution in [2.45, 2.75) is 17.4 Å². The van der Waals surface area contributed by atoms with Crippen molar-refractivity contribution >= 4 is 44.3 Å². The predicted octanol–water partition coefficient (Wildman–Crippen LogP) is 5.14. The number of benzene rings is 3. The monoisotopic (exact) mass is 477 g/mol. The molecule has 6 rings (SSSR count). The summed E-state index contributed by atoms with van der Waals surface area (Å²) < 4.78 is 11.6. The molecule has 5 nitrogen and oxygen atoms in total. The number of carbonyl (C=O) groups excluding carboxylic acids is 2. The SMILES string of the molecule is O=C(Nc1ccc(Oc2cccc3ccccc23)cc1)[C@H]1[C@@H]2C[C@H]3[C@H](OC(=O)[C@@H]31)[C@@H]2Br. The lowest BCUT2D eigenvalue weighted by Crippen LogP contribution is -2.40. The molecule has 3 aromatic rings. The molecule has 1 amide bonds. The standard InChI is InChI=1S/C25H20BrNO4/c26-22-17-12-18-21(25(29)31-23(18)22)20(17)24(28)27-14-8-10-15(11-9-14)30-19-7-3-5-13-4-1-2-6-16(13)19/h1-11,17-18,20-23H,12H2,(H,27,28)/t17-,18+,20-,21-,22+,23-/m0/s1. The maximum atomic E-state index is 13.0. The van der Waals surface area contributed by atoms with Gasteiger partial charge in [-0.15, -0.1) is 0 Å². The van der Waals surface area contributed by atoms with Crippen LogP contribution in [0.25, 0.3) is 10.8 Å². The second-order valence-corrected chi connectivity index (χ2v) is 9.61. The number of hydrogen-bond donors (Lipinski definition) is 1. The first-order chi connectivity index (χ1) is 15.1. The van der Waals surface area contributed by atoms with Crippen LogP contribution in [0.15, 0.2) is 66.7 Å². The van der Waals surface area contributed by atoms with Gasteiger partial charge in [-0.3, -0.25) is 9.59 Å². The van der Waals surface area contributed by atoms with E-state index in [2.05, 4.69) is 33.4 Å². The lowest BCUT2D eigenvalue weighted by Gasteiger charge is -2.27. The summed E-state index contributed by atoms with van der Waals surface area (Å²) in [6, 6.07) is 21.4. The van der Waals surface area contributed by atoms with E-state index >= 15 is 0 Å². The number of alkyl halides is 1. The topological polar surface area (TPSA) is 64.6 Å². The van der Waals surface area contributed by atoms with Gasteiger partial charge in [-0.25, -0.2) is 0 Å². The zero-order chi connectivity index (χ0) is 21.1. The number of anilines is 1. The molecule has 2 saturated carbocycles. The molecule has 0 spiro atoms. The molecular weight excluding hydrogens is 458 g/mol. The second kappa shape index (κ2) is 7.09. The highest BCUT2D eigenvalue weighted by Gasteiger charge is 2.67. The number of amides is 1. The van der Waals surface area contributed by atoms with Crippen LogP contribution in [0.4, 0.5) is 5.69 Å². The van der Waals surface area contributed by atoms with E-state index in [1.807, 2.05) is 54.6 Å². The van der Waals surface area contributed by atoms with Crippen LogP contribution < -0.4 is 10.1 Å². The third kappa shape index (κ3) is 2.96. The molecule has 0 radical (unpaired) electrons. The average Bonchev–Trinajstić information content (AvgIpc) is 3.40. The van der Waals surface area contributed by atoms with Crippen molar-refractivity contribution in [3.8, 4) is 11.5 Å². The molecule has 2 bridgehead atoms. The fourth-order valence-electron chi connectivity index (χ4n) is 5.57. The molecule has 1 heterocycles. The Kier molecular flexibility index (Phi) is 4.32. The van der Waals surface area contributed by atoms with Crippen LogP contribution in [-0.2, 0) is 14.3 Å². The first kappa shape index (κ1) is 18.9. The van der Waals surface area contributed by atoms with E-state index in [0.29, 0.717) is 11.4 Å². The van der Waals surface area contributed by atoms with Gasteiger partial charge in [0.05, 0.1) is 16.7 Å². The molecule has 3 aliphatic rings. The van der Waals surface area contributed by atoms with Gasteiger partial charge in [-0.2, -0.15) is 0 Å². The van der Waals surface area contributed by atoms with Gasteiger partial charge in [0.1, 0.15) is 17.6 Å². The molecule has 31 heavy (non-hydrogen) atoms. The molecule has 6 atom stereocenters. The smallest absolute Gasteiger partial charge is 0.310 e. The molecule has 156 valence electrons. The van der Waals surface area contributed by atoms with E-state index in [4.69, 9.17) is 9.47 Å². The van der Waals surface area contributed by atoms with Crippen LogP contribution in [-0.4, -0.2) is 22.8 Å². The van der Waals surface area contributed by atoms with Gasteiger partial charge in [0.15, 0.2) is 0 Å². The maximum absolute atomic E-state index is 13.0. The molecule has 3 aromatic carbocycles. The normalized spacial score (nSPS) is 30.4. The highest BCUT2D eigenvalue weighted by atomic mass is 79.9. The minimum atomic E-state index is -0.341. The van der Waals surface area contributed by atoms with Crippen LogP contribution in [0.1, 0.15) is 6.42 Å². The number of halogens is 1. The van der Waals surface area contributed by atoms with E-state index < -0.39 is 0 Å². The maximum Gasteiger partial charge on any atom is 0.310 e. The van der Waals surface area contributed by atoms with E-state index in [9.17, 15) is 9.59 Å². The number of fused-ring (bicyclic) bond motifs is 2. The van der Waals surface area contributed by atoms with E-state index in [1.165, 1.54) is 0 Å². The van der Waals surface area contributed by atoms with Crippen LogP contribution in [0, 0.1) is 23.7 Å². The number of esters is 1. The quantitative estimate of drug-likeness (QED) is 0.417. The van der Waals surface area contributed by atoms with E-state index in [-0.39, 0.29) is 46.5 Å². The Balaban J connectivity index is 1.18. The molecule has 1 aliphatic heterocycles. The van der Waals surface area contributed by atoms with Crippen molar-refractivity contribution in [2.75, 3.05) is 5.32 Å². The van der Waals surface area contributed by atoms with E-state index in [1.54, 1.807) is 0 Å². The number of nitrogens with one attached hydrogen (secondary N) is 1. The van der Waals surface area contributed by atoms with Crippen molar-refractivity contribution < 1.29 is 19.1 Å². The van der Waals surface area contributed by atoms with Crippen molar-refractivity contribution in [3.05, 3.63) is 66.7 Å². The highest BCUT2D eigenvalue weighted by molar-refractivity contribution is 9.09. The predicted molar refractivity (Wildman–Crippen MR) is 120 cm³/mol. The molecule has 0 aromatic heterocycles. The van der Waals surface area contributed by atoms with Crippen molar-refractivity contribution in [3.63, 3.8) is 0 Å². The average molecular weight is 478 g/mol. The third-order valence-electron chi connectivity index (χ3n) is 6.93. The number of hydrogen-bond acceptors (Lipinski definition) is 4. The Morgan fingerprint density at radius 1 is 1.00 bits per heavy atom. The van der Waals surface area contributed by atoms with Crippen LogP contribution in [0.5, 0.6) is 11.5 Å². The molecule has 6 heteroatoms. The summed E-state index contributed by atoms with van der Waals surface area (Å²) in [5.41, 5.74) is 0.687. The second-order valence-electron chi connectivity index (χ2n) is 8.55. The number of rotatable bonds is 4. The van der Waals surface area contributed by atoms with Gasteiger partial charge in [0.25, 0.3) is 0 Å². The summed E-state index contributed by atoms with van der Waals surface area (Å²) in [6.07, 6.45) is 0.796. The Morgan fingerprint density at radius 3 is 2.61 bits per heavy atom. The summed E-state index contributed by atoms with van der Waals surface area (Å²) in [5, 5.41) is 5.15. The molecule has 2 aliphatic carbocycles. The zero-order valence-electron chi connectivity index (χ0n) is 16.5. The molecule has 1 saturated heterocycles. The third-order valence-corrected chi connectivity index (χ3v) is 8.13. The van der Waals surface area contributed by atoms with Gasteiger partial charge >= 0.3 is 5.97 Å². The fraction of sp³-hybridized carbons (Fsp3) is 0.280. The highest BCUT2D eigenvalue weighted by Crippen LogP contribution is 2.60. The van der Waals surface area contributed by atoms with E-state index in [0.717, 1.165) is 22.9 Å². The van der Waals surface area contributed by atoms with Crippen LogP contribution >= 0.6 is 15.9 Å².